The number of hydrogen-bond donors (Lipinski definition) is 2. The molecule has 0 unspecified atom stereocenters. The third kappa shape index (κ3) is 6.85. The summed E-state index contributed by atoms with van der Waals surface area (Å²) < 4.78 is 2.17. The molecule has 1 aliphatic heterocycles. The van der Waals surface area contributed by atoms with Crippen LogP contribution >= 0.6 is 0 Å². The summed E-state index contributed by atoms with van der Waals surface area (Å²) in [5, 5.41) is 6.03. The molecule has 28 heavy (non-hydrogen) atoms. The molecule has 2 N–H and O–H groups in total. The van der Waals surface area contributed by atoms with Gasteiger partial charge in [0.2, 0.25) is 5.91 Å². The van der Waals surface area contributed by atoms with Crippen LogP contribution < -0.4 is 10.6 Å². The van der Waals surface area contributed by atoms with Crippen LogP contribution in [0.1, 0.15) is 37.6 Å². The fourth-order valence-corrected chi connectivity index (χ4v) is 3.46. The van der Waals surface area contributed by atoms with E-state index in [4.69, 9.17) is 0 Å². The van der Waals surface area contributed by atoms with Crippen LogP contribution in [0.4, 0.5) is 0 Å². The van der Waals surface area contributed by atoms with Crippen LogP contribution in [0, 0.1) is 0 Å². The van der Waals surface area contributed by atoms with Gasteiger partial charge in [0.05, 0.1) is 24.3 Å². The molecule has 0 aromatic carbocycles. The van der Waals surface area contributed by atoms with Gasteiger partial charge in [-0.2, -0.15) is 0 Å². The fraction of sp³-hybridized carbons (Fsp3) is 0.650. The molecule has 1 aromatic rings. The number of hydrogen-bond acceptors (Lipinski definition) is 6. The number of likely N-dealkylation sites (N-methyl/N-ethyl adjacent to an activating group) is 1. The van der Waals surface area contributed by atoms with E-state index in [0.717, 1.165) is 57.1 Å². The van der Waals surface area contributed by atoms with Gasteiger partial charge in [0.25, 0.3) is 0 Å². The molecular weight excluding hydrogens is 356 g/mol. The van der Waals surface area contributed by atoms with Crippen LogP contribution in [-0.2, 0) is 16.1 Å². The van der Waals surface area contributed by atoms with E-state index in [-0.39, 0.29) is 24.1 Å². The summed E-state index contributed by atoms with van der Waals surface area (Å²) in [6.07, 6.45) is 5.23. The maximum atomic E-state index is 11.9. The second kappa shape index (κ2) is 11.1. The number of aromatic nitrogens is 2. The summed E-state index contributed by atoms with van der Waals surface area (Å²) in [6.45, 7) is 10.7. The van der Waals surface area contributed by atoms with Crippen molar-refractivity contribution < 1.29 is 9.59 Å². The number of imidazole rings is 1. The van der Waals surface area contributed by atoms with Gasteiger partial charge >= 0.3 is 0 Å². The molecule has 1 aromatic heterocycles. The van der Waals surface area contributed by atoms with Crippen molar-refractivity contribution in [1.82, 2.24) is 30.0 Å². The number of nitrogens with one attached hydrogen (secondary N) is 2. The lowest BCUT2D eigenvalue weighted by atomic mass is 10.1. The van der Waals surface area contributed by atoms with Gasteiger partial charge in [-0.3, -0.25) is 9.59 Å². The average molecular weight is 391 g/mol. The van der Waals surface area contributed by atoms with E-state index in [1.54, 1.807) is 11.0 Å². The van der Waals surface area contributed by atoms with Gasteiger partial charge < -0.3 is 25.0 Å². The molecule has 2 heterocycles. The van der Waals surface area contributed by atoms with Crippen LogP contribution in [0.3, 0.4) is 0 Å². The van der Waals surface area contributed by atoms with Crippen LogP contribution in [0.2, 0.25) is 0 Å². The third-order valence-corrected chi connectivity index (χ3v) is 4.70. The second-order valence-electron chi connectivity index (χ2n) is 7.81. The van der Waals surface area contributed by atoms with Gasteiger partial charge in [0, 0.05) is 38.4 Å². The lowest BCUT2D eigenvalue weighted by molar-refractivity contribution is -0.121. The SMILES string of the molecule is CC(C)c1c(/C=C(/C=O)NC(=O)CN(C)C)ncn1CCCN1CCNCC1. The van der Waals surface area contributed by atoms with Crippen molar-refractivity contribution in [3.05, 3.63) is 23.4 Å². The van der Waals surface area contributed by atoms with Crippen LogP contribution in [0.5, 0.6) is 0 Å². The molecule has 1 aliphatic rings. The predicted octanol–water partition coefficient (Wildman–Crippen LogP) is 0.519. The Morgan fingerprint density at radius 2 is 2.04 bits per heavy atom. The van der Waals surface area contributed by atoms with Crippen LogP contribution in [0.15, 0.2) is 12.0 Å². The highest BCUT2D eigenvalue weighted by atomic mass is 16.2. The number of carbonyl (C=O) groups excluding carboxylic acids is 2. The lowest BCUT2D eigenvalue weighted by Crippen LogP contribution is -2.43. The Labute approximate surface area is 168 Å². The predicted molar refractivity (Wildman–Crippen MR) is 111 cm³/mol. The quantitative estimate of drug-likeness (QED) is 0.448. The third-order valence-electron chi connectivity index (χ3n) is 4.70. The first-order valence-corrected chi connectivity index (χ1v) is 10.00. The van der Waals surface area contributed by atoms with Gasteiger partial charge in [0.1, 0.15) is 0 Å². The van der Waals surface area contributed by atoms with Crippen molar-refractivity contribution in [2.75, 3.05) is 53.4 Å². The highest BCUT2D eigenvalue weighted by Gasteiger charge is 2.15. The smallest absolute Gasteiger partial charge is 0.238 e. The van der Waals surface area contributed by atoms with E-state index in [1.807, 2.05) is 20.4 Å². The number of allylic oxidation sites excluding steroid dienone is 1. The molecule has 156 valence electrons. The van der Waals surface area contributed by atoms with Crippen molar-refractivity contribution in [3.8, 4) is 0 Å². The van der Waals surface area contributed by atoms with E-state index < -0.39 is 0 Å². The van der Waals surface area contributed by atoms with Crippen LogP contribution in [-0.4, -0.2) is 84.9 Å². The summed E-state index contributed by atoms with van der Waals surface area (Å²) in [5.41, 5.74) is 2.06. The summed E-state index contributed by atoms with van der Waals surface area (Å²) in [7, 11) is 3.62. The number of carbonyl (C=O) groups is 2. The summed E-state index contributed by atoms with van der Waals surface area (Å²) >= 11 is 0. The minimum absolute atomic E-state index is 0.218. The van der Waals surface area contributed by atoms with Gasteiger partial charge in [-0.25, -0.2) is 4.98 Å². The van der Waals surface area contributed by atoms with Crippen molar-refractivity contribution in [3.63, 3.8) is 0 Å². The molecule has 1 saturated heterocycles. The Morgan fingerprint density at radius 3 is 2.64 bits per heavy atom. The van der Waals surface area contributed by atoms with E-state index in [0.29, 0.717) is 6.29 Å². The highest BCUT2D eigenvalue weighted by molar-refractivity contribution is 5.90. The normalized spacial score (nSPS) is 16.0. The first-order valence-electron chi connectivity index (χ1n) is 10.00. The van der Waals surface area contributed by atoms with Crippen molar-refractivity contribution in [2.45, 2.75) is 32.7 Å². The molecule has 0 radical (unpaired) electrons. The summed E-state index contributed by atoms with van der Waals surface area (Å²) in [4.78, 5) is 32.1. The Bertz CT molecular complexity index is 674. The number of nitrogens with zero attached hydrogens (tertiary/aromatic N) is 4. The average Bonchev–Trinajstić information content (AvgIpc) is 3.04. The highest BCUT2D eigenvalue weighted by Crippen LogP contribution is 2.21. The minimum Gasteiger partial charge on any atom is -0.334 e. The van der Waals surface area contributed by atoms with Crippen LogP contribution in [0.25, 0.3) is 6.08 Å². The molecule has 0 bridgehead atoms. The largest absolute Gasteiger partial charge is 0.334 e. The zero-order valence-corrected chi connectivity index (χ0v) is 17.6. The first kappa shape index (κ1) is 22.3. The molecule has 0 aliphatic carbocycles. The fourth-order valence-electron chi connectivity index (χ4n) is 3.46. The van der Waals surface area contributed by atoms with Gasteiger partial charge in [-0.1, -0.05) is 13.8 Å². The minimum atomic E-state index is -0.218. The molecule has 8 heteroatoms. The Hall–Kier alpha value is -2.03. The number of piperazine rings is 1. The molecule has 1 amide bonds. The van der Waals surface area contributed by atoms with Gasteiger partial charge in [-0.05, 0) is 39.1 Å². The van der Waals surface area contributed by atoms with E-state index >= 15 is 0 Å². The Balaban J connectivity index is 2.05. The molecular formula is C20H34N6O2. The second-order valence-corrected chi connectivity index (χ2v) is 7.81. The molecule has 2 rings (SSSR count). The molecule has 1 fully saturated rings. The Kier molecular flexibility index (Phi) is 8.82. The van der Waals surface area contributed by atoms with E-state index in [9.17, 15) is 9.59 Å². The topological polar surface area (TPSA) is 82.5 Å². The number of aryl methyl sites for hydroxylation is 1. The molecule has 0 atom stereocenters. The standard InChI is InChI=1S/C20H34N6O2/c1-16(2)20-18(12-17(14-27)23-19(28)13-24(3)4)22-15-26(20)9-5-8-25-10-6-21-7-11-25/h12,14-16,21H,5-11,13H2,1-4H3,(H,23,28)/b17-12-. The molecule has 8 nitrogen and oxygen atoms in total. The zero-order chi connectivity index (χ0) is 20.5. The van der Waals surface area contributed by atoms with Crippen molar-refractivity contribution >= 4 is 18.3 Å². The maximum absolute atomic E-state index is 11.9. The summed E-state index contributed by atoms with van der Waals surface area (Å²) in [5.74, 6) is 0.0446. The lowest BCUT2D eigenvalue weighted by Gasteiger charge is -2.27. The van der Waals surface area contributed by atoms with E-state index in [1.165, 1.54) is 0 Å². The monoisotopic (exact) mass is 390 g/mol. The van der Waals surface area contributed by atoms with Gasteiger partial charge in [0.15, 0.2) is 6.29 Å². The number of aldehydes is 1. The molecule has 0 saturated carbocycles. The zero-order valence-electron chi connectivity index (χ0n) is 17.6. The molecule has 0 spiro atoms. The first-order chi connectivity index (χ1) is 13.4. The van der Waals surface area contributed by atoms with Gasteiger partial charge in [-0.15, -0.1) is 0 Å². The number of amides is 1. The summed E-state index contributed by atoms with van der Waals surface area (Å²) in [6, 6.07) is 0. The van der Waals surface area contributed by atoms with Crippen molar-refractivity contribution in [2.24, 2.45) is 0 Å². The van der Waals surface area contributed by atoms with Crippen molar-refractivity contribution in [1.29, 1.82) is 0 Å². The maximum Gasteiger partial charge on any atom is 0.238 e. The Morgan fingerprint density at radius 1 is 1.32 bits per heavy atom. The van der Waals surface area contributed by atoms with E-state index in [2.05, 4.69) is 38.9 Å². The number of rotatable bonds is 10.